The third-order valence-electron chi connectivity index (χ3n) is 4.32. The van der Waals surface area contributed by atoms with E-state index in [0.717, 1.165) is 0 Å². The highest BCUT2D eigenvalue weighted by Gasteiger charge is 2.34. The van der Waals surface area contributed by atoms with Gasteiger partial charge in [0.05, 0.1) is 12.3 Å². The van der Waals surface area contributed by atoms with Crippen LogP contribution in [-0.4, -0.2) is 28.6 Å². The quantitative estimate of drug-likeness (QED) is 0.306. The predicted octanol–water partition coefficient (Wildman–Crippen LogP) is 4.00. The number of nitrogens with zero attached hydrogens (tertiary/aromatic N) is 1. The van der Waals surface area contributed by atoms with Gasteiger partial charge < -0.3 is 9.84 Å². The number of phenolic OH excluding ortho intramolecular Hbond substituents is 1. The first-order chi connectivity index (χ1) is 14.3. The Morgan fingerprint density at radius 2 is 2.07 bits per heavy atom. The summed E-state index contributed by atoms with van der Waals surface area (Å²) >= 11 is 11.2. The molecule has 2 aromatic carbocycles. The topological polar surface area (TPSA) is 78.9 Å². The van der Waals surface area contributed by atoms with Crippen LogP contribution >= 0.6 is 23.8 Å². The summed E-state index contributed by atoms with van der Waals surface area (Å²) in [6.45, 7) is 5.82. The Bertz CT molecular complexity index is 1080. The van der Waals surface area contributed by atoms with Gasteiger partial charge in [-0.3, -0.25) is 19.8 Å². The molecule has 0 atom stereocenters. The van der Waals surface area contributed by atoms with E-state index in [1.165, 1.54) is 11.0 Å². The van der Waals surface area contributed by atoms with E-state index in [1.54, 1.807) is 49.4 Å². The molecule has 8 heteroatoms. The van der Waals surface area contributed by atoms with Crippen LogP contribution in [0.4, 0.5) is 5.69 Å². The van der Waals surface area contributed by atoms with Crippen LogP contribution in [0, 0.1) is 0 Å². The molecule has 0 bridgehead atoms. The molecule has 0 spiro atoms. The van der Waals surface area contributed by atoms with Gasteiger partial charge in [0.1, 0.15) is 5.57 Å². The third-order valence-corrected chi connectivity index (χ3v) is 4.84. The number of benzene rings is 2. The molecule has 2 N–H and O–H groups in total. The summed E-state index contributed by atoms with van der Waals surface area (Å²) in [7, 11) is 0. The SMILES string of the molecule is C=CCc1cc(/C=C2\C(=O)NC(=S)N(c3cccc(Cl)c3)C2=O)cc(OCC)c1O. The monoisotopic (exact) mass is 442 g/mol. The molecule has 3 rings (SSSR count). The minimum absolute atomic E-state index is 0.0000500. The van der Waals surface area contributed by atoms with E-state index >= 15 is 0 Å². The Hall–Kier alpha value is -3.16. The molecular formula is C22H19ClN2O4S. The van der Waals surface area contributed by atoms with E-state index in [4.69, 9.17) is 28.6 Å². The van der Waals surface area contributed by atoms with Crippen molar-refractivity contribution in [3.63, 3.8) is 0 Å². The summed E-state index contributed by atoms with van der Waals surface area (Å²) in [6, 6.07) is 9.84. The minimum atomic E-state index is -0.611. The molecule has 6 nitrogen and oxygen atoms in total. The van der Waals surface area contributed by atoms with Crippen molar-refractivity contribution in [3.8, 4) is 11.5 Å². The number of phenols is 1. The van der Waals surface area contributed by atoms with Gasteiger partial charge in [0.25, 0.3) is 11.8 Å². The van der Waals surface area contributed by atoms with E-state index in [0.29, 0.717) is 34.9 Å². The van der Waals surface area contributed by atoms with Crippen LogP contribution < -0.4 is 15.0 Å². The fourth-order valence-corrected chi connectivity index (χ4v) is 3.49. The zero-order chi connectivity index (χ0) is 21.8. The van der Waals surface area contributed by atoms with Gasteiger partial charge in [0, 0.05) is 10.6 Å². The first-order valence-corrected chi connectivity index (χ1v) is 9.91. The number of allylic oxidation sites excluding steroid dienone is 1. The maximum atomic E-state index is 13.1. The molecule has 1 saturated heterocycles. The number of amides is 2. The van der Waals surface area contributed by atoms with E-state index < -0.39 is 11.8 Å². The second-order valence-corrected chi connectivity index (χ2v) is 7.21. The minimum Gasteiger partial charge on any atom is -0.504 e. The van der Waals surface area contributed by atoms with E-state index in [-0.39, 0.29) is 22.2 Å². The zero-order valence-electron chi connectivity index (χ0n) is 16.1. The van der Waals surface area contributed by atoms with Crippen molar-refractivity contribution < 1.29 is 19.4 Å². The van der Waals surface area contributed by atoms with E-state index in [1.807, 2.05) is 0 Å². The Morgan fingerprint density at radius 1 is 1.30 bits per heavy atom. The van der Waals surface area contributed by atoms with Crippen LogP contribution in [0.1, 0.15) is 18.1 Å². The first kappa shape index (κ1) is 21.5. The lowest BCUT2D eigenvalue weighted by Crippen LogP contribution is -2.54. The highest BCUT2D eigenvalue weighted by atomic mass is 35.5. The van der Waals surface area contributed by atoms with Crippen molar-refractivity contribution in [2.45, 2.75) is 13.3 Å². The summed E-state index contributed by atoms with van der Waals surface area (Å²) in [4.78, 5) is 26.8. The van der Waals surface area contributed by atoms with E-state index in [2.05, 4.69) is 11.9 Å². The number of hydrogen-bond acceptors (Lipinski definition) is 5. The molecule has 1 aliphatic rings. The van der Waals surface area contributed by atoms with Crippen LogP contribution in [-0.2, 0) is 16.0 Å². The maximum absolute atomic E-state index is 13.1. The molecule has 1 fully saturated rings. The van der Waals surface area contributed by atoms with Crippen LogP contribution in [0.15, 0.2) is 54.6 Å². The van der Waals surface area contributed by atoms with Crippen molar-refractivity contribution >= 4 is 52.5 Å². The van der Waals surface area contributed by atoms with Gasteiger partial charge in [-0.15, -0.1) is 6.58 Å². The summed E-state index contributed by atoms with van der Waals surface area (Å²) in [5.74, 6) is -0.934. The molecule has 154 valence electrons. The van der Waals surface area contributed by atoms with Gasteiger partial charge in [-0.2, -0.15) is 0 Å². The maximum Gasteiger partial charge on any atom is 0.270 e. The van der Waals surface area contributed by atoms with Gasteiger partial charge in [-0.1, -0.05) is 23.7 Å². The molecule has 0 saturated carbocycles. The third kappa shape index (κ3) is 4.37. The van der Waals surface area contributed by atoms with Gasteiger partial charge >= 0.3 is 0 Å². The van der Waals surface area contributed by atoms with Gasteiger partial charge in [-0.25, -0.2) is 0 Å². The van der Waals surface area contributed by atoms with Crippen molar-refractivity contribution in [2.24, 2.45) is 0 Å². The van der Waals surface area contributed by atoms with Gasteiger partial charge in [-0.05, 0) is 67.5 Å². The first-order valence-electron chi connectivity index (χ1n) is 9.12. The number of thiocarbonyl (C=S) groups is 1. The van der Waals surface area contributed by atoms with Crippen LogP contribution in [0.2, 0.25) is 5.02 Å². The van der Waals surface area contributed by atoms with Gasteiger partial charge in [0.15, 0.2) is 16.6 Å². The number of carbonyl (C=O) groups excluding carboxylic acids is 2. The second kappa shape index (κ2) is 9.11. The van der Waals surface area contributed by atoms with Crippen LogP contribution in [0.3, 0.4) is 0 Å². The number of carbonyl (C=O) groups is 2. The smallest absolute Gasteiger partial charge is 0.270 e. The largest absolute Gasteiger partial charge is 0.504 e. The summed E-state index contributed by atoms with van der Waals surface area (Å²) in [6.07, 6.45) is 3.47. The number of rotatable bonds is 6. The molecule has 2 aromatic rings. The van der Waals surface area contributed by atoms with Crippen molar-refractivity contribution in [3.05, 3.63) is 70.8 Å². The lowest BCUT2D eigenvalue weighted by Gasteiger charge is -2.29. The number of anilines is 1. The average molecular weight is 443 g/mol. The average Bonchev–Trinajstić information content (AvgIpc) is 2.69. The number of aromatic hydroxyl groups is 1. The molecule has 2 amide bonds. The summed E-state index contributed by atoms with van der Waals surface area (Å²) < 4.78 is 5.48. The normalized spacial score (nSPS) is 15.3. The molecule has 0 aliphatic carbocycles. The fourth-order valence-electron chi connectivity index (χ4n) is 3.02. The molecule has 1 heterocycles. The number of hydrogen-bond donors (Lipinski definition) is 2. The molecule has 0 radical (unpaired) electrons. The number of halogens is 1. The Kier molecular flexibility index (Phi) is 6.54. The molecular weight excluding hydrogens is 424 g/mol. The van der Waals surface area contributed by atoms with Crippen molar-refractivity contribution in [1.82, 2.24) is 5.32 Å². The van der Waals surface area contributed by atoms with Crippen molar-refractivity contribution in [1.29, 1.82) is 0 Å². The highest BCUT2D eigenvalue weighted by molar-refractivity contribution is 7.80. The fraction of sp³-hybridized carbons (Fsp3) is 0.136. The molecule has 0 aromatic heterocycles. The van der Waals surface area contributed by atoms with Crippen LogP contribution in [0.5, 0.6) is 11.5 Å². The van der Waals surface area contributed by atoms with Crippen molar-refractivity contribution in [2.75, 3.05) is 11.5 Å². The molecule has 0 unspecified atom stereocenters. The van der Waals surface area contributed by atoms with Gasteiger partial charge in [0.2, 0.25) is 0 Å². The standard InChI is InChI=1S/C22H19ClN2O4S/c1-3-6-14-9-13(11-18(19(14)26)29-4-2)10-17-20(27)24-22(30)25(21(17)28)16-8-5-7-15(23)12-16/h3,5,7-12,26H,1,4,6H2,2H3,(H,24,27,30)/b17-10+. The number of ether oxygens (including phenoxy) is 1. The lowest BCUT2D eigenvalue weighted by molar-refractivity contribution is -0.122. The Labute approximate surface area is 184 Å². The lowest BCUT2D eigenvalue weighted by atomic mass is 10.0. The Morgan fingerprint density at radius 3 is 2.73 bits per heavy atom. The predicted molar refractivity (Wildman–Crippen MR) is 121 cm³/mol. The summed E-state index contributed by atoms with van der Waals surface area (Å²) in [5.41, 5.74) is 1.41. The second-order valence-electron chi connectivity index (χ2n) is 6.39. The van der Waals surface area contributed by atoms with E-state index in [9.17, 15) is 14.7 Å². The Balaban J connectivity index is 2.07. The number of nitrogens with one attached hydrogen (secondary N) is 1. The highest BCUT2D eigenvalue weighted by Crippen LogP contribution is 2.34. The summed E-state index contributed by atoms with van der Waals surface area (Å²) in [5, 5.41) is 13.3. The molecule has 1 aliphatic heterocycles. The molecule has 30 heavy (non-hydrogen) atoms. The van der Waals surface area contributed by atoms with Crippen LogP contribution in [0.25, 0.3) is 6.08 Å². The zero-order valence-corrected chi connectivity index (χ0v) is 17.7.